The Kier molecular flexibility index (Phi) is 5.82. The predicted molar refractivity (Wildman–Crippen MR) is 66.3 cm³/mol. The van der Waals surface area contributed by atoms with Crippen molar-refractivity contribution in [2.75, 3.05) is 13.1 Å². The molecule has 1 N–H and O–H groups in total. The van der Waals surface area contributed by atoms with Crippen LogP contribution < -0.4 is 4.74 Å². The fourth-order valence-corrected chi connectivity index (χ4v) is 1.78. The molecule has 0 aliphatic rings. The molecule has 0 aromatic heterocycles. The molecular weight excluding hydrogens is 275 g/mol. The Labute approximate surface area is 114 Å². The van der Waals surface area contributed by atoms with Crippen molar-refractivity contribution in [3.8, 4) is 5.75 Å². The first-order chi connectivity index (χ1) is 9.30. The van der Waals surface area contributed by atoms with Gasteiger partial charge in [0.2, 0.25) is 0 Å². The third-order valence-electron chi connectivity index (χ3n) is 2.46. The van der Waals surface area contributed by atoms with Crippen LogP contribution in [0.5, 0.6) is 5.75 Å². The molecular formula is C13H16F3NO3. The van der Waals surface area contributed by atoms with Crippen molar-refractivity contribution in [1.82, 2.24) is 4.90 Å². The summed E-state index contributed by atoms with van der Waals surface area (Å²) in [5.74, 6) is -1.22. The van der Waals surface area contributed by atoms with Crippen molar-refractivity contribution in [2.24, 2.45) is 0 Å². The summed E-state index contributed by atoms with van der Waals surface area (Å²) in [4.78, 5) is 12.4. The number of aliphatic carboxylic acids is 1. The van der Waals surface area contributed by atoms with Crippen molar-refractivity contribution in [3.63, 3.8) is 0 Å². The van der Waals surface area contributed by atoms with Gasteiger partial charge >= 0.3 is 12.3 Å². The van der Waals surface area contributed by atoms with Crippen LogP contribution in [0.2, 0.25) is 0 Å². The Morgan fingerprint density at radius 2 is 1.90 bits per heavy atom. The zero-order chi connectivity index (χ0) is 15.2. The maximum absolute atomic E-state index is 12.0. The number of carbonyl (C=O) groups is 1. The van der Waals surface area contributed by atoms with E-state index in [1.165, 1.54) is 24.3 Å². The number of alkyl halides is 3. The Hall–Kier alpha value is -1.76. The van der Waals surface area contributed by atoms with Gasteiger partial charge in [0.05, 0.1) is 6.54 Å². The lowest BCUT2D eigenvalue weighted by atomic mass is 10.2. The first kappa shape index (κ1) is 16.3. The van der Waals surface area contributed by atoms with Crippen LogP contribution in [0, 0.1) is 0 Å². The molecule has 1 aromatic rings. The molecule has 0 bridgehead atoms. The standard InChI is InChI=1S/C13H16F3NO3/c1-2-7-17(9-12(18)19)8-10-3-5-11(6-4-10)20-13(14,15)16/h3-6H,2,7-9H2,1H3,(H,18,19). The summed E-state index contributed by atoms with van der Waals surface area (Å²) < 4.78 is 39.8. The van der Waals surface area contributed by atoms with Crippen molar-refractivity contribution < 1.29 is 27.8 Å². The Morgan fingerprint density at radius 1 is 1.30 bits per heavy atom. The molecule has 0 amide bonds. The fourth-order valence-electron chi connectivity index (χ4n) is 1.78. The highest BCUT2D eigenvalue weighted by atomic mass is 19.4. The first-order valence-corrected chi connectivity index (χ1v) is 6.09. The lowest BCUT2D eigenvalue weighted by molar-refractivity contribution is -0.274. The zero-order valence-corrected chi connectivity index (χ0v) is 11.0. The minimum atomic E-state index is -4.71. The number of ether oxygens (including phenoxy) is 1. The lowest BCUT2D eigenvalue weighted by Crippen LogP contribution is -2.30. The second-order valence-electron chi connectivity index (χ2n) is 4.30. The highest BCUT2D eigenvalue weighted by Crippen LogP contribution is 2.23. The van der Waals surface area contributed by atoms with Crippen LogP contribution in [0.25, 0.3) is 0 Å². The average Bonchev–Trinajstić information content (AvgIpc) is 2.29. The summed E-state index contributed by atoms with van der Waals surface area (Å²) in [7, 11) is 0. The SMILES string of the molecule is CCCN(CC(=O)O)Cc1ccc(OC(F)(F)F)cc1. The summed E-state index contributed by atoms with van der Waals surface area (Å²) in [6, 6.07) is 5.42. The van der Waals surface area contributed by atoms with Gasteiger partial charge in [-0.05, 0) is 30.7 Å². The number of hydrogen-bond donors (Lipinski definition) is 1. The molecule has 0 fully saturated rings. The summed E-state index contributed by atoms with van der Waals surface area (Å²) >= 11 is 0. The summed E-state index contributed by atoms with van der Waals surface area (Å²) in [5.41, 5.74) is 0.731. The molecule has 7 heteroatoms. The Balaban J connectivity index is 2.65. The van der Waals surface area contributed by atoms with E-state index in [0.717, 1.165) is 12.0 Å². The zero-order valence-electron chi connectivity index (χ0n) is 11.0. The largest absolute Gasteiger partial charge is 0.573 e. The average molecular weight is 291 g/mol. The number of nitrogens with zero attached hydrogens (tertiary/aromatic N) is 1. The number of carboxylic acids is 1. The van der Waals surface area contributed by atoms with Gasteiger partial charge in [-0.1, -0.05) is 19.1 Å². The lowest BCUT2D eigenvalue weighted by Gasteiger charge is -2.19. The highest BCUT2D eigenvalue weighted by Gasteiger charge is 2.30. The molecule has 0 atom stereocenters. The molecule has 112 valence electrons. The van der Waals surface area contributed by atoms with Crippen molar-refractivity contribution in [2.45, 2.75) is 26.3 Å². The van der Waals surface area contributed by atoms with Crippen molar-refractivity contribution >= 4 is 5.97 Å². The van der Waals surface area contributed by atoms with Crippen LogP contribution in [0.1, 0.15) is 18.9 Å². The van der Waals surface area contributed by atoms with Crippen LogP contribution >= 0.6 is 0 Å². The molecule has 0 spiro atoms. The van der Waals surface area contributed by atoms with E-state index in [9.17, 15) is 18.0 Å². The van der Waals surface area contributed by atoms with Gasteiger partial charge in [0.1, 0.15) is 5.75 Å². The van der Waals surface area contributed by atoms with E-state index in [2.05, 4.69) is 4.74 Å². The highest BCUT2D eigenvalue weighted by molar-refractivity contribution is 5.69. The van der Waals surface area contributed by atoms with E-state index in [1.807, 2.05) is 6.92 Å². The van der Waals surface area contributed by atoms with E-state index in [0.29, 0.717) is 13.1 Å². The van der Waals surface area contributed by atoms with Crippen LogP contribution in [0.4, 0.5) is 13.2 Å². The van der Waals surface area contributed by atoms with Gasteiger partial charge in [-0.15, -0.1) is 13.2 Å². The first-order valence-electron chi connectivity index (χ1n) is 6.09. The van der Waals surface area contributed by atoms with E-state index >= 15 is 0 Å². The van der Waals surface area contributed by atoms with Gasteiger partial charge < -0.3 is 9.84 Å². The van der Waals surface area contributed by atoms with Gasteiger partial charge in [-0.2, -0.15) is 0 Å². The maximum atomic E-state index is 12.0. The van der Waals surface area contributed by atoms with Gasteiger partial charge in [0, 0.05) is 6.54 Å². The normalized spacial score (nSPS) is 11.7. The molecule has 0 unspecified atom stereocenters. The Morgan fingerprint density at radius 3 is 2.35 bits per heavy atom. The van der Waals surface area contributed by atoms with E-state index in [4.69, 9.17) is 5.11 Å². The van der Waals surface area contributed by atoms with E-state index in [-0.39, 0.29) is 12.3 Å². The van der Waals surface area contributed by atoms with Crippen LogP contribution in [0.3, 0.4) is 0 Å². The number of rotatable bonds is 7. The van der Waals surface area contributed by atoms with Gasteiger partial charge in [0.15, 0.2) is 0 Å². The third kappa shape index (κ3) is 6.42. The summed E-state index contributed by atoms with van der Waals surface area (Å²) in [5, 5.41) is 8.77. The van der Waals surface area contributed by atoms with Crippen molar-refractivity contribution in [1.29, 1.82) is 0 Å². The smallest absolute Gasteiger partial charge is 0.480 e. The molecule has 0 aliphatic carbocycles. The van der Waals surface area contributed by atoms with Crippen LogP contribution in [-0.2, 0) is 11.3 Å². The molecule has 1 aromatic carbocycles. The molecule has 0 saturated carbocycles. The molecule has 4 nitrogen and oxygen atoms in total. The van der Waals surface area contributed by atoms with Crippen molar-refractivity contribution in [3.05, 3.63) is 29.8 Å². The predicted octanol–water partition coefficient (Wildman–Crippen LogP) is 2.88. The fraction of sp³-hybridized carbons (Fsp3) is 0.462. The minimum Gasteiger partial charge on any atom is -0.480 e. The summed E-state index contributed by atoms with van der Waals surface area (Å²) in [6.07, 6.45) is -3.92. The third-order valence-corrected chi connectivity index (χ3v) is 2.46. The topological polar surface area (TPSA) is 49.8 Å². The minimum absolute atomic E-state index is 0.103. The summed E-state index contributed by atoms with van der Waals surface area (Å²) in [6.45, 7) is 2.79. The van der Waals surface area contributed by atoms with Crippen LogP contribution in [0.15, 0.2) is 24.3 Å². The van der Waals surface area contributed by atoms with E-state index in [1.54, 1.807) is 4.90 Å². The molecule has 0 saturated heterocycles. The number of hydrogen-bond acceptors (Lipinski definition) is 3. The van der Waals surface area contributed by atoms with E-state index < -0.39 is 12.3 Å². The quantitative estimate of drug-likeness (QED) is 0.839. The maximum Gasteiger partial charge on any atom is 0.573 e. The number of benzene rings is 1. The van der Waals surface area contributed by atoms with Gasteiger partial charge in [0.25, 0.3) is 0 Å². The number of halogens is 3. The molecule has 1 rings (SSSR count). The molecule has 0 heterocycles. The molecule has 0 radical (unpaired) electrons. The van der Waals surface area contributed by atoms with Gasteiger partial charge in [-0.3, -0.25) is 9.69 Å². The monoisotopic (exact) mass is 291 g/mol. The van der Waals surface area contributed by atoms with Crippen LogP contribution in [-0.4, -0.2) is 35.4 Å². The Bertz CT molecular complexity index is 431. The molecule has 20 heavy (non-hydrogen) atoms. The number of carboxylic acid groups (broad SMARTS) is 1. The van der Waals surface area contributed by atoms with Gasteiger partial charge in [-0.25, -0.2) is 0 Å². The molecule has 0 aliphatic heterocycles. The second kappa shape index (κ2) is 7.14. The second-order valence-corrected chi connectivity index (χ2v) is 4.30.